The molecule has 0 spiro atoms. The van der Waals surface area contributed by atoms with Gasteiger partial charge in [-0.3, -0.25) is 0 Å². The maximum Gasteiger partial charge on any atom is 0.344 e. The topological polar surface area (TPSA) is 93.7 Å². The highest BCUT2D eigenvalue weighted by atomic mass is 32.2. The zero-order valence-corrected chi connectivity index (χ0v) is 18.2. The molecule has 0 atom stereocenters. The second-order valence-electron chi connectivity index (χ2n) is 6.90. The predicted molar refractivity (Wildman–Crippen MR) is 125 cm³/mol. The van der Waals surface area contributed by atoms with Crippen molar-refractivity contribution < 1.29 is 22.2 Å². The Morgan fingerprint density at radius 1 is 0.697 bits per heavy atom. The summed E-state index contributed by atoms with van der Waals surface area (Å²) in [5.41, 5.74) is 3.44. The number of hydrogen-bond acceptors (Lipinski definition) is 5. The van der Waals surface area contributed by atoms with Crippen LogP contribution in [0.3, 0.4) is 0 Å². The van der Waals surface area contributed by atoms with Crippen molar-refractivity contribution >= 4 is 21.8 Å². The smallest absolute Gasteiger partial charge is 0.344 e. The van der Waals surface area contributed by atoms with E-state index < -0.39 is 16.1 Å². The molecule has 2 amide bonds. The molecule has 4 rings (SSSR count). The lowest BCUT2D eigenvalue weighted by molar-refractivity contribution is 0.193. The number of para-hydroxylation sites is 2. The fraction of sp³-hybridized carbons (Fsp3) is 0. The van der Waals surface area contributed by atoms with E-state index in [0.29, 0.717) is 28.3 Å². The Hall–Kier alpha value is -4.14. The minimum Gasteiger partial charge on any atom is -0.457 e. The van der Waals surface area contributed by atoms with Crippen LogP contribution in [0, 0.1) is 0 Å². The van der Waals surface area contributed by atoms with Crippen molar-refractivity contribution in [3.8, 4) is 22.6 Å². The Labute approximate surface area is 191 Å². The van der Waals surface area contributed by atoms with Crippen molar-refractivity contribution in [2.75, 3.05) is 5.32 Å². The Morgan fingerprint density at radius 3 is 1.97 bits per heavy atom. The number of nitrogens with one attached hydrogen (secondary N) is 2. The van der Waals surface area contributed by atoms with E-state index in [9.17, 15) is 13.2 Å². The van der Waals surface area contributed by atoms with Crippen LogP contribution in [0.4, 0.5) is 10.5 Å². The summed E-state index contributed by atoms with van der Waals surface area (Å²) < 4.78 is 36.6. The average Bonchev–Trinajstić information content (AvgIpc) is 2.84. The summed E-state index contributed by atoms with van der Waals surface area (Å²) in [6.45, 7) is 0. The monoisotopic (exact) mass is 460 g/mol. The fourth-order valence-electron chi connectivity index (χ4n) is 3.07. The molecule has 0 aliphatic carbocycles. The number of carbonyl (C=O) groups is 1. The highest BCUT2D eigenvalue weighted by Crippen LogP contribution is 2.33. The lowest BCUT2D eigenvalue weighted by Gasteiger charge is -2.14. The normalized spacial score (nSPS) is 10.9. The zero-order chi connectivity index (χ0) is 23.1. The van der Waals surface area contributed by atoms with E-state index in [4.69, 9.17) is 9.02 Å². The predicted octanol–water partition coefficient (Wildman–Crippen LogP) is 5.59. The van der Waals surface area contributed by atoms with Crippen molar-refractivity contribution in [3.63, 3.8) is 0 Å². The molecule has 0 aliphatic rings. The van der Waals surface area contributed by atoms with E-state index in [1.54, 1.807) is 72.8 Å². The van der Waals surface area contributed by atoms with Gasteiger partial charge in [0.15, 0.2) is 0 Å². The number of ether oxygens (including phenoxy) is 1. The number of hydroxylamine groups is 1. The third-order valence-electron chi connectivity index (χ3n) is 4.56. The Bertz CT molecular complexity index is 1330. The van der Waals surface area contributed by atoms with Gasteiger partial charge in [0.2, 0.25) is 0 Å². The van der Waals surface area contributed by atoms with Gasteiger partial charge in [-0.2, -0.15) is 13.9 Å². The molecule has 2 N–H and O–H groups in total. The van der Waals surface area contributed by atoms with E-state index in [-0.39, 0.29) is 4.90 Å². The van der Waals surface area contributed by atoms with E-state index in [0.717, 1.165) is 0 Å². The van der Waals surface area contributed by atoms with Gasteiger partial charge in [-0.1, -0.05) is 66.7 Å². The highest BCUT2D eigenvalue weighted by Gasteiger charge is 2.23. The van der Waals surface area contributed by atoms with Gasteiger partial charge in [0, 0.05) is 11.3 Å². The molecule has 0 bridgehead atoms. The molecular formula is C25H20N2O5S. The Balaban J connectivity index is 1.59. The maximum atomic E-state index is 12.9. The van der Waals surface area contributed by atoms with E-state index in [2.05, 4.69) is 5.32 Å². The van der Waals surface area contributed by atoms with Gasteiger partial charge in [0.05, 0.1) is 0 Å². The van der Waals surface area contributed by atoms with Gasteiger partial charge in [0.1, 0.15) is 16.4 Å². The first-order chi connectivity index (χ1) is 16.0. The van der Waals surface area contributed by atoms with Crippen LogP contribution < -0.4 is 15.5 Å². The first-order valence-electron chi connectivity index (χ1n) is 9.99. The molecule has 4 aromatic rings. The van der Waals surface area contributed by atoms with Gasteiger partial charge in [0.25, 0.3) is 0 Å². The number of carbonyl (C=O) groups excluding carboxylic acids is 1. The molecule has 0 saturated heterocycles. The van der Waals surface area contributed by atoms with Gasteiger partial charge in [-0.15, -0.1) is 4.28 Å². The Kier molecular flexibility index (Phi) is 6.68. The Morgan fingerprint density at radius 2 is 1.30 bits per heavy atom. The summed E-state index contributed by atoms with van der Waals surface area (Å²) in [4.78, 5) is 12.0. The zero-order valence-electron chi connectivity index (χ0n) is 17.3. The fourth-order valence-corrected chi connectivity index (χ4v) is 4.03. The summed E-state index contributed by atoms with van der Waals surface area (Å²) in [5, 5.41) is 2.49. The molecular weight excluding hydrogens is 440 g/mol. The van der Waals surface area contributed by atoms with Crippen molar-refractivity contribution in [3.05, 3.63) is 109 Å². The van der Waals surface area contributed by atoms with Crippen molar-refractivity contribution in [1.29, 1.82) is 0 Å². The van der Waals surface area contributed by atoms with Crippen LogP contribution in [0.15, 0.2) is 114 Å². The van der Waals surface area contributed by atoms with Gasteiger partial charge < -0.3 is 10.1 Å². The number of anilines is 1. The maximum absolute atomic E-state index is 12.9. The van der Waals surface area contributed by atoms with E-state index in [1.807, 2.05) is 29.7 Å². The van der Waals surface area contributed by atoms with Crippen molar-refractivity contribution in [2.24, 2.45) is 0 Å². The molecule has 0 fully saturated rings. The summed E-state index contributed by atoms with van der Waals surface area (Å²) in [6, 6.07) is 30.4. The number of urea groups is 1. The molecule has 0 saturated carbocycles. The minimum atomic E-state index is -4.34. The largest absolute Gasteiger partial charge is 0.457 e. The molecule has 0 heterocycles. The van der Waals surface area contributed by atoms with Crippen LogP contribution >= 0.6 is 0 Å². The second kappa shape index (κ2) is 9.99. The molecule has 8 heteroatoms. The lowest BCUT2D eigenvalue weighted by atomic mass is 10.1. The van der Waals surface area contributed by atoms with Crippen molar-refractivity contribution in [2.45, 2.75) is 4.90 Å². The van der Waals surface area contributed by atoms with Gasteiger partial charge in [-0.05, 0) is 48.0 Å². The summed E-state index contributed by atoms with van der Waals surface area (Å²) in [5.74, 6) is 1.07. The van der Waals surface area contributed by atoms with E-state index >= 15 is 0 Å². The summed E-state index contributed by atoms with van der Waals surface area (Å²) in [7, 11) is -4.34. The summed E-state index contributed by atoms with van der Waals surface area (Å²) in [6.07, 6.45) is 0. The van der Waals surface area contributed by atoms with Gasteiger partial charge >= 0.3 is 16.1 Å². The standard InChI is InChI=1S/C25H20N2O5S/c28-25(26-20-12-6-2-7-13-20)27-32-33(29,30)24-17-16-22(31-21-14-8-3-9-15-21)18-23(24)19-10-4-1-5-11-19/h1-18H,(H2,26,27,28). The number of hydrogen-bond donors (Lipinski definition) is 2. The number of amides is 2. The minimum absolute atomic E-state index is 0.117. The second-order valence-corrected chi connectivity index (χ2v) is 8.41. The van der Waals surface area contributed by atoms with Crippen LogP contribution in [0.5, 0.6) is 11.5 Å². The highest BCUT2D eigenvalue weighted by molar-refractivity contribution is 7.86. The average molecular weight is 461 g/mol. The third-order valence-corrected chi connectivity index (χ3v) is 5.76. The lowest BCUT2D eigenvalue weighted by Crippen LogP contribution is -2.31. The van der Waals surface area contributed by atoms with Crippen LogP contribution in [-0.4, -0.2) is 14.4 Å². The van der Waals surface area contributed by atoms with Gasteiger partial charge in [-0.25, -0.2) is 4.79 Å². The molecule has 0 aromatic heterocycles. The van der Waals surface area contributed by atoms with Crippen LogP contribution in [-0.2, 0) is 14.4 Å². The van der Waals surface area contributed by atoms with Crippen LogP contribution in [0.25, 0.3) is 11.1 Å². The molecule has 33 heavy (non-hydrogen) atoms. The molecule has 0 radical (unpaired) electrons. The van der Waals surface area contributed by atoms with Crippen LogP contribution in [0.1, 0.15) is 0 Å². The molecule has 4 aromatic carbocycles. The third kappa shape index (κ3) is 5.76. The molecule has 0 unspecified atom stereocenters. The van der Waals surface area contributed by atoms with Crippen LogP contribution in [0.2, 0.25) is 0 Å². The number of rotatable bonds is 7. The molecule has 166 valence electrons. The first-order valence-corrected chi connectivity index (χ1v) is 11.4. The molecule has 0 aliphatic heterocycles. The number of benzene rings is 4. The first kappa shape index (κ1) is 22.1. The summed E-state index contributed by atoms with van der Waals surface area (Å²) >= 11 is 0. The van der Waals surface area contributed by atoms with E-state index in [1.165, 1.54) is 12.1 Å². The SMILES string of the molecule is O=C(NOS(=O)(=O)c1ccc(Oc2ccccc2)cc1-c1ccccc1)Nc1ccccc1. The van der Waals surface area contributed by atoms with Crippen molar-refractivity contribution in [1.82, 2.24) is 5.48 Å². The molecule has 7 nitrogen and oxygen atoms in total. The quantitative estimate of drug-likeness (QED) is 0.351.